The van der Waals surface area contributed by atoms with Gasteiger partial charge in [0.2, 0.25) is 5.91 Å². The Labute approximate surface area is 176 Å². The molecule has 0 unspecified atom stereocenters. The predicted octanol–water partition coefficient (Wildman–Crippen LogP) is 5.94. The van der Waals surface area contributed by atoms with Crippen LogP contribution in [0.5, 0.6) is 0 Å². The zero-order valence-electron chi connectivity index (χ0n) is 16.6. The maximum Gasteiger partial charge on any atom is 0.257 e. The van der Waals surface area contributed by atoms with Crippen molar-refractivity contribution in [2.45, 2.75) is 55.5 Å². The highest BCUT2D eigenvalue weighted by Gasteiger charge is 2.24. The Morgan fingerprint density at radius 2 is 1.62 bits per heavy atom. The summed E-state index contributed by atoms with van der Waals surface area (Å²) in [4.78, 5) is 17.4. The molecule has 1 heterocycles. The van der Waals surface area contributed by atoms with E-state index in [0.29, 0.717) is 11.3 Å². The Morgan fingerprint density at radius 3 is 2.28 bits per heavy atom. The Hall–Kier alpha value is -2.53. The first-order valence-electron chi connectivity index (χ1n) is 10.3. The summed E-state index contributed by atoms with van der Waals surface area (Å²) in [7, 11) is 0. The molecule has 1 saturated carbocycles. The summed E-state index contributed by atoms with van der Waals surface area (Å²) in [5, 5.41) is 3.46. The number of oxazole rings is 1. The lowest BCUT2D eigenvalue weighted by Gasteiger charge is -2.24. The molecule has 1 aliphatic rings. The van der Waals surface area contributed by atoms with Crippen LogP contribution in [0.4, 0.5) is 0 Å². The van der Waals surface area contributed by atoms with E-state index >= 15 is 0 Å². The second-order valence-electron chi connectivity index (χ2n) is 7.49. The van der Waals surface area contributed by atoms with E-state index in [-0.39, 0.29) is 11.2 Å². The first-order valence-corrected chi connectivity index (χ1v) is 11.2. The summed E-state index contributed by atoms with van der Waals surface area (Å²) in [6, 6.07) is 20.3. The number of hydrogen-bond acceptors (Lipinski definition) is 4. The van der Waals surface area contributed by atoms with Crippen LogP contribution in [0.25, 0.3) is 22.6 Å². The zero-order valence-corrected chi connectivity index (χ0v) is 17.5. The Kier molecular flexibility index (Phi) is 6.35. The largest absolute Gasteiger partial charge is 0.431 e. The second-order valence-corrected chi connectivity index (χ2v) is 8.79. The van der Waals surface area contributed by atoms with Crippen molar-refractivity contribution in [1.82, 2.24) is 10.3 Å². The topological polar surface area (TPSA) is 55.1 Å². The lowest BCUT2D eigenvalue weighted by molar-refractivity contribution is -0.121. The molecular formula is C24H26N2O2S. The average Bonchev–Trinajstić information content (AvgIpc) is 3.19. The average molecular weight is 407 g/mol. The number of rotatable bonds is 6. The number of carbonyl (C=O) groups excluding carboxylic acids is 1. The third-order valence-corrected chi connectivity index (χ3v) is 6.23. The molecule has 2 aromatic carbocycles. The first-order chi connectivity index (χ1) is 14.2. The molecule has 150 valence electrons. The maximum atomic E-state index is 12.6. The van der Waals surface area contributed by atoms with E-state index in [1.807, 2.05) is 67.6 Å². The van der Waals surface area contributed by atoms with Gasteiger partial charge in [-0.2, -0.15) is 0 Å². The highest BCUT2D eigenvalue weighted by Crippen LogP contribution is 2.36. The number of aromatic nitrogens is 1. The van der Waals surface area contributed by atoms with E-state index in [9.17, 15) is 4.79 Å². The number of nitrogens with zero attached hydrogens (tertiary/aromatic N) is 1. The van der Waals surface area contributed by atoms with Crippen molar-refractivity contribution in [2.24, 2.45) is 0 Å². The molecule has 0 spiro atoms. The third-order valence-electron chi connectivity index (χ3n) is 5.29. The van der Waals surface area contributed by atoms with Gasteiger partial charge >= 0.3 is 0 Å². The summed E-state index contributed by atoms with van der Waals surface area (Å²) in [6.07, 6.45) is 5.84. The minimum absolute atomic E-state index is 0.0580. The van der Waals surface area contributed by atoms with Crippen LogP contribution >= 0.6 is 11.8 Å². The van der Waals surface area contributed by atoms with Gasteiger partial charge in [0.15, 0.2) is 5.76 Å². The van der Waals surface area contributed by atoms with Gasteiger partial charge in [-0.1, -0.05) is 91.7 Å². The summed E-state index contributed by atoms with van der Waals surface area (Å²) in [6.45, 7) is 1.91. The van der Waals surface area contributed by atoms with Gasteiger partial charge < -0.3 is 9.73 Å². The van der Waals surface area contributed by atoms with E-state index in [2.05, 4.69) is 5.32 Å². The molecule has 1 fully saturated rings. The molecule has 4 nitrogen and oxygen atoms in total. The van der Waals surface area contributed by atoms with Gasteiger partial charge in [-0.15, -0.1) is 0 Å². The lowest BCUT2D eigenvalue weighted by atomic mass is 9.95. The summed E-state index contributed by atoms with van der Waals surface area (Å²) < 4.78 is 6.14. The van der Waals surface area contributed by atoms with Crippen molar-refractivity contribution < 1.29 is 9.21 Å². The fraction of sp³-hybridized carbons (Fsp3) is 0.333. The lowest BCUT2D eigenvalue weighted by Crippen LogP contribution is -2.40. The van der Waals surface area contributed by atoms with Crippen molar-refractivity contribution in [3.63, 3.8) is 0 Å². The number of hydrogen-bond donors (Lipinski definition) is 1. The van der Waals surface area contributed by atoms with Crippen LogP contribution in [0, 0.1) is 0 Å². The van der Waals surface area contributed by atoms with E-state index in [1.54, 1.807) is 0 Å². The molecule has 29 heavy (non-hydrogen) atoms. The van der Waals surface area contributed by atoms with Crippen molar-refractivity contribution in [1.29, 1.82) is 0 Å². The van der Waals surface area contributed by atoms with Gasteiger partial charge in [0.1, 0.15) is 5.69 Å². The Balaban J connectivity index is 1.54. The van der Waals surface area contributed by atoms with Crippen LogP contribution in [-0.2, 0) is 4.79 Å². The molecule has 1 N–H and O–H groups in total. The van der Waals surface area contributed by atoms with Gasteiger partial charge in [0, 0.05) is 17.2 Å². The molecule has 3 aromatic rings. The zero-order chi connectivity index (χ0) is 20.1. The maximum absolute atomic E-state index is 12.6. The molecule has 1 atom stereocenters. The van der Waals surface area contributed by atoms with Gasteiger partial charge in [-0.25, -0.2) is 4.98 Å². The highest BCUT2D eigenvalue weighted by molar-refractivity contribution is 8.00. The van der Waals surface area contributed by atoms with Crippen LogP contribution in [0.2, 0.25) is 0 Å². The molecule has 0 bridgehead atoms. The Morgan fingerprint density at radius 1 is 1.00 bits per heavy atom. The molecular weight excluding hydrogens is 380 g/mol. The van der Waals surface area contributed by atoms with Gasteiger partial charge in [-0.3, -0.25) is 4.79 Å². The van der Waals surface area contributed by atoms with Crippen LogP contribution in [0.1, 0.15) is 39.0 Å². The number of nitrogens with one attached hydrogen (secondary N) is 1. The fourth-order valence-corrected chi connectivity index (χ4v) is 4.45. The smallest absolute Gasteiger partial charge is 0.257 e. The van der Waals surface area contributed by atoms with Crippen molar-refractivity contribution in [3.05, 3.63) is 60.7 Å². The molecule has 0 aliphatic heterocycles. The van der Waals surface area contributed by atoms with Gasteiger partial charge in [0.25, 0.3) is 5.22 Å². The quantitative estimate of drug-likeness (QED) is 0.515. The van der Waals surface area contributed by atoms with Crippen molar-refractivity contribution in [2.75, 3.05) is 0 Å². The molecule has 0 saturated heterocycles. The van der Waals surface area contributed by atoms with Crippen LogP contribution in [0.3, 0.4) is 0 Å². The van der Waals surface area contributed by atoms with Crippen molar-refractivity contribution >= 4 is 17.7 Å². The minimum atomic E-state index is -0.261. The second kappa shape index (κ2) is 9.31. The monoisotopic (exact) mass is 406 g/mol. The van der Waals surface area contributed by atoms with E-state index in [4.69, 9.17) is 9.40 Å². The third kappa shape index (κ3) is 4.91. The molecule has 0 radical (unpaired) electrons. The fourth-order valence-electron chi connectivity index (χ4n) is 3.70. The molecule has 1 aromatic heterocycles. The molecule has 4 rings (SSSR count). The van der Waals surface area contributed by atoms with Gasteiger partial charge in [-0.05, 0) is 19.8 Å². The normalized spacial score (nSPS) is 15.8. The predicted molar refractivity (Wildman–Crippen MR) is 118 cm³/mol. The minimum Gasteiger partial charge on any atom is -0.431 e. The summed E-state index contributed by atoms with van der Waals surface area (Å²) in [5.41, 5.74) is 2.78. The summed E-state index contributed by atoms with van der Waals surface area (Å²) in [5.74, 6) is 0.793. The molecule has 1 amide bonds. The van der Waals surface area contributed by atoms with E-state index in [1.165, 1.54) is 31.0 Å². The standard InChI is InChI=1S/C24H26N2O2S/c1-17(23(27)25-20-15-9-4-10-16-20)29-24-26-21(18-11-5-2-6-12-18)22(28-24)19-13-7-3-8-14-19/h2-3,5-8,11-14,17,20H,4,9-10,15-16H2,1H3,(H,25,27)/t17-/m1/s1. The molecule has 1 aliphatic carbocycles. The van der Waals surface area contributed by atoms with Gasteiger partial charge in [0.05, 0.1) is 5.25 Å². The number of thioether (sulfide) groups is 1. The number of amides is 1. The van der Waals surface area contributed by atoms with Crippen molar-refractivity contribution in [3.8, 4) is 22.6 Å². The summed E-state index contributed by atoms with van der Waals surface area (Å²) >= 11 is 1.37. The number of carbonyl (C=O) groups is 1. The Bertz CT molecular complexity index is 877. The van der Waals surface area contributed by atoms with E-state index in [0.717, 1.165) is 35.4 Å². The van der Waals surface area contributed by atoms with Crippen LogP contribution in [-0.4, -0.2) is 22.2 Å². The van der Waals surface area contributed by atoms with Crippen LogP contribution < -0.4 is 5.32 Å². The van der Waals surface area contributed by atoms with Crippen LogP contribution in [0.15, 0.2) is 70.3 Å². The number of benzene rings is 2. The first kappa shape index (κ1) is 19.8. The molecule has 5 heteroatoms. The van der Waals surface area contributed by atoms with E-state index < -0.39 is 0 Å². The SMILES string of the molecule is C[C@@H](Sc1nc(-c2ccccc2)c(-c2ccccc2)o1)C(=O)NC1CCCCC1. The highest BCUT2D eigenvalue weighted by atomic mass is 32.2.